The highest BCUT2D eigenvalue weighted by Gasteiger charge is 2.13. The summed E-state index contributed by atoms with van der Waals surface area (Å²) in [5.41, 5.74) is 1.82. The second-order valence-corrected chi connectivity index (χ2v) is 6.19. The zero-order valence-electron chi connectivity index (χ0n) is 12.5. The van der Waals surface area contributed by atoms with Crippen LogP contribution in [0.2, 0.25) is 0 Å². The van der Waals surface area contributed by atoms with Gasteiger partial charge in [-0.05, 0) is 36.1 Å². The number of nitro benzene ring substituents is 1. The summed E-state index contributed by atoms with van der Waals surface area (Å²) in [5, 5.41) is 15.4. The summed E-state index contributed by atoms with van der Waals surface area (Å²) in [6, 6.07) is 7.90. The molecule has 0 bridgehead atoms. The monoisotopic (exact) mass is 320 g/mol. The predicted molar refractivity (Wildman–Crippen MR) is 86.2 cm³/mol. The molecular weight excluding hydrogens is 302 g/mol. The smallest absolute Gasteiger partial charge is 0.279 e. The van der Waals surface area contributed by atoms with Gasteiger partial charge in [0, 0.05) is 17.8 Å². The number of rotatable bonds is 6. The van der Waals surface area contributed by atoms with Gasteiger partial charge in [-0.25, -0.2) is 0 Å². The first-order valence-corrected chi connectivity index (χ1v) is 7.72. The number of anilines is 1. The number of non-ortho nitro benzene ring substituents is 1. The molecule has 7 heteroatoms. The number of benzene rings is 1. The third-order valence-corrected chi connectivity index (χ3v) is 4.28. The highest BCUT2D eigenvalue weighted by molar-refractivity contribution is 7.10. The summed E-state index contributed by atoms with van der Waals surface area (Å²) in [5.74, 6) is -0.111. The maximum absolute atomic E-state index is 12.0. The van der Waals surface area contributed by atoms with Crippen LogP contribution in [0.3, 0.4) is 0 Å². The van der Waals surface area contributed by atoms with Gasteiger partial charge >= 0.3 is 0 Å². The number of amides is 1. The average molecular weight is 320 g/mol. The first kappa shape index (κ1) is 16.1. The largest absolute Gasteiger partial charge is 0.325 e. The molecule has 0 saturated carbocycles. The second-order valence-electron chi connectivity index (χ2n) is 5.19. The number of nitrogens with zero attached hydrogens (tertiary/aromatic N) is 1. The lowest BCUT2D eigenvalue weighted by molar-refractivity contribution is -0.884. The summed E-state index contributed by atoms with van der Waals surface area (Å²) in [4.78, 5) is 24.5. The van der Waals surface area contributed by atoms with Crippen molar-refractivity contribution in [3.63, 3.8) is 0 Å². The first-order chi connectivity index (χ1) is 10.5. The number of quaternary nitrogens is 1. The zero-order chi connectivity index (χ0) is 16.1. The van der Waals surface area contributed by atoms with Gasteiger partial charge in [-0.3, -0.25) is 14.9 Å². The second kappa shape index (κ2) is 7.15. The van der Waals surface area contributed by atoms with Gasteiger partial charge < -0.3 is 10.2 Å². The molecule has 0 aliphatic heterocycles. The van der Waals surface area contributed by atoms with Crippen molar-refractivity contribution in [1.29, 1.82) is 0 Å². The molecule has 1 unspecified atom stereocenters. The van der Waals surface area contributed by atoms with Crippen LogP contribution in [0.25, 0.3) is 0 Å². The number of nitrogens with one attached hydrogen (secondary N) is 2. The van der Waals surface area contributed by atoms with Crippen molar-refractivity contribution in [3.8, 4) is 0 Å². The van der Waals surface area contributed by atoms with Gasteiger partial charge in [0.05, 0.1) is 16.8 Å². The highest BCUT2D eigenvalue weighted by Crippen LogP contribution is 2.15. The van der Waals surface area contributed by atoms with Gasteiger partial charge in [0.15, 0.2) is 6.54 Å². The number of aryl methyl sites for hydroxylation is 1. The molecule has 1 amide bonds. The van der Waals surface area contributed by atoms with Gasteiger partial charge in [-0.15, -0.1) is 11.3 Å². The molecule has 6 nitrogen and oxygen atoms in total. The van der Waals surface area contributed by atoms with Crippen molar-refractivity contribution in [2.24, 2.45) is 0 Å². The molecule has 0 aliphatic carbocycles. The van der Waals surface area contributed by atoms with Crippen LogP contribution in [0.1, 0.15) is 10.4 Å². The van der Waals surface area contributed by atoms with Crippen molar-refractivity contribution in [1.82, 2.24) is 0 Å². The average Bonchev–Trinajstić information content (AvgIpc) is 2.84. The summed E-state index contributed by atoms with van der Waals surface area (Å²) >= 11 is 1.70. The Morgan fingerprint density at radius 3 is 2.55 bits per heavy atom. The fourth-order valence-corrected chi connectivity index (χ4v) is 3.09. The molecule has 2 rings (SSSR count). The predicted octanol–water partition coefficient (Wildman–Crippen LogP) is 1.62. The Bertz CT molecular complexity index is 667. The molecule has 0 fully saturated rings. The van der Waals surface area contributed by atoms with Crippen molar-refractivity contribution < 1.29 is 14.6 Å². The van der Waals surface area contributed by atoms with E-state index in [4.69, 9.17) is 0 Å². The Labute approximate surface area is 132 Å². The fourth-order valence-electron chi connectivity index (χ4n) is 2.07. The Morgan fingerprint density at radius 2 is 2.00 bits per heavy atom. The molecule has 0 spiro atoms. The number of nitro groups is 1. The van der Waals surface area contributed by atoms with E-state index in [1.54, 1.807) is 11.3 Å². The normalized spacial score (nSPS) is 11.9. The third-order valence-electron chi connectivity index (χ3n) is 3.25. The van der Waals surface area contributed by atoms with E-state index in [0.717, 1.165) is 11.4 Å². The van der Waals surface area contributed by atoms with E-state index < -0.39 is 4.92 Å². The molecule has 1 aromatic heterocycles. The van der Waals surface area contributed by atoms with E-state index in [1.807, 2.05) is 7.05 Å². The van der Waals surface area contributed by atoms with Gasteiger partial charge in [0.2, 0.25) is 0 Å². The Balaban J connectivity index is 1.87. The highest BCUT2D eigenvalue weighted by atomic mass is 32.1. The molecule has 1 atom stereocenters. The SMILES string of the molecule is Cc1ccsc1C[NH+](C)CC(=O)Nc1ccc([N+](=O)[O-])cc1. The summed E-state index contributed by atoms with van der Waals surface area (Å²) < 4.78 is 0. The van der Waals surface area contributed by atoms with Crippen molar-refractivity contribution in [2.75, 3.05) is 18.9 Å². The number of hydrogen-bond acceptors (Lipinski definition) is 4. The molecule has 1 aromatic carbocycles. The lowest BCUT2D eigenvalue weighted by atomic mass is 10.2. The maximum Gasteiger partial charge on any atom is 0.279 e. The quantitative estimate of drug-likeness (QED) is 0.627. The Morgan fingerprint density at radius 1 is 1.32 bits per heavy atom. The third kappa shape index (κ3) is 4.37. The minimum absolute atomic E-state index is 0.00825. The number of likely N-dealkylation sites (N-methyl/N-ethyl adjacent to an activating group) is 1. The van der Waals surface area contributed by atoms with E-state index in [1.165, 1.54) is 34.7 Å². The number of carbonyl (C=O) groups is 1. The summed E-state index contributed by atoms with van der Waals surface area (Å²) in [6.45, 7) is 3.21. The lowest BCUT2D eigenvalue weighted by Crippen LogP contribution is -3.08. The standard InChI is InChI=1S/C15H17N3O3S/c1-11-7-8-22-14(11)9-17(2)10-15(19)16-12-3-5-13(6-4-12)18(20)21/h3-8H,9-10H2,1-2H3,(H,16,19)/p+1. The molecular formula is C15H18N3O3S+. The number of hydrogen-bond donors (Lipinski definition) is 2. The van der Waals surface area contributed by atoms with Gasteiger partial charge in [0.1, 0.15) is 6.54 Å². The fraction of sp³-hybridized carbons (Fsp3) is 0.267. The van der Waals surface area contributed by atoms with E-state index >= 15 is 0 Å². The molecule has 0 aliphatic rings. The minimum Gasteiger partial charge on any atom is -0.325 e. The molecule has 2 aromatic rings. The molecule has 1 heterocycles. The van der Waals surface area contributed by atoms with Crippen LogP contribution in [-0.2, 0) is 11.3 Å². The van der Waals surface area contributed by atoms with Crippen molar-refractivity contribution in [2.45, 2.75) is 13.5 Å². The van der Waals surface area contributed by atoms with Crippen LogP contribution in [0.4, 0.5) is 11.4 Å². The van der Waals surface area contributed by atoms with Crippen LogP contribution in [0.15, 0.2) is 35.7 Å². The first-order valence-electron chi connectivity index (χ1n) is 6.84. The number of carbonyl (C=O) groups excluding carboxylic acids is 1. The van der Waals surface area contributed by atoms with E-state index in [0.29, 0.717) is 12.2 Å². The van der Waals surface area contributed by atoms with Crippen LogP contribution < -0.4 is 10.2 Å². The summed E-state index contributed by atoms with van der Waals surface area (Å²) in [6.07, 6.45) is 0. The Hall–Kier alpha value is -2.25. The molecule has 2 N–H and O–H groups in total. The van der Waals surface area contributed by atoms with Gasteiger partial charge in [-0.2, -0.15) is 0 Å². The van der Waals surface area contributed by atoms with E-state index in [2.05, 4.69) is 23.7 Å². The van der Waals surface area contributed by atoms with E-state index in [9.17, 15) is 14.9 Å². The van der Waals surface area contributed by atoms with E-state index in [-0.39, 0.29) is 11.6 Å². The minimum atomic E-state index is -0.465. The topological polar surface area (TPSA) is 76.7 Å². The van der Waals surface area contributed by atoms with Gasteiger partial charge in [-0.1, -0.05) is 0 Å². The number of thiophene rings is 1. The van der Waals surface area contributed by atoms with Crippen molar-refractivity contribution >= 4 is 28.6 Å². The molecule has 116 valence electrons. The lowest BCUT2D eigenvalue weighted by Gasteiger charge is -2.13. The maximum atomic E-state index is 12.0. The molecule has 0 radical (unpaired) electrons. The summed E-state index contributed by atoms with van der Waals surface area (Å²) in [7, 11) is 1.97. The van der Waals surface area contributed by atoms with Crippen LogP contribution >= 0.6 is 11.3 Å². The molecule has 0 saturated heterocycles. The Kier molecular flexibility index (Phi) is 5.24. The van der Waals surface area contributed by atoms with Crippen molar-refractivity contribution in [3.05, 3.63) is 56.3 Å². The van der Waals surface area contributed by atoms with Gasteiger partial charge in [0.25, 0.3) is 11.6 Å². The molecule has 22 heavy (non-hydrogen) atoms. The van der Waals surface area contributed by atoms with Crippen LogP contribution in [-0.4, -0.2) is 24.4 Å². The van der Waals surface area contributed by atoms with Crippen LogP contribution in [0.5, 0.6) is 0 Å². The zero-order valence-corrected chi connectivity index (χ0v) is 13.3. The van der Waals surface area contributed by atoms with Crippen LogP contribution in [0, 0.1) is 17.0 Å².